The van der Waals surface area contributed by atoms with Crippen LogP contribution < -0.4 is 0 Å². The van der Waals surface area contributed by atoms with Crippen molar-refractivity contribution < 1.29 is 19.2 Å². The summed E-state index contributed by atoms with van der Waals surface area (Å²) in [6.45, 7) is 6.02. The van der Waals surface area contributed by atoms with Crippen LogP contribution in [0.5, 0.6) is 0 Å². The lowest BCUT2D eigenvalue weighted by atomic mass is 10.0. The molecule has 0 N–H and O–H groups in total. The van der Waals surface area contributed by atoms with Crippen LogP contribution in [-0.4, -0.2) is 35.4 Å². The van der Waals surface area contributed by atoms with Crippen molar-refractivity contribution >= 4 is 35.2 Å². The van der Waals surface area contributed by atoms with E-state index in [0.717, 1.165) is 0 Å². The number of non-ortho nitro benzene ring substituents is 1. The Labute approximate surface area is 156 Å². The molecule has 0 aliphatic carbocycles. The van der Waals surface area contributed by atoms with Crippen molar-refractivity contribution in [1.82, 2.24) is 4.90 Å². The van der Waals surface area contributed by atoms with Gasteiger partial charge in [0, 0.05) is 35.0 Å². The highest BCUT2D eigenvalue weighted by Gasteiger charge is 2.37. The third kappa shape index (κ3) is 3.77. The topological polar surface area (TPSA) is 89.8 Å². The van der Waals surface area contributed by atoms with Gasteiger partial charge in [-0.3, -0.25) is 14.9 Å². The molecular formula is C18H19ClN2O5. The third-order valence-electron chi connectivity index (χ3n) is 3.94. The zero-order valence-corrected chi connectivity index (χ0v) is 15.7. The molecule has 138 valence electrons. The summed E-state index contributed by atoms with van der Waals surface area (Å²) in [5.74, 6) is -0.817. The number of nitro benzene ring substituents is 1. The summed E-state index contributed by atoms with van der Waals surface area (Å²) in [6.07, 6.45) is 1.40. The number of methoxy groups -OCH3 is 1. The number of benzene rings is 1. The van der Waals surface area contributed by atoms with Crippen LogP contribution in [0, 0.1) is 16.0 Å². The van der Waals surface area contributed by atoms with Gasteiger partial charge in [0.05, 0.1) is 23.2 Å². The number of nitrogens with zero attached hydrogens (tertiary/aromatic N) is 2. The molecule has 0 saturated heterocycles. The van der Waals surface area contributed by atoms with E-state index < -0.39 is 10.9 Å². The quantitative estimate of drug-likeness (QED) is 0.338. The summed E-state index contributed by atoms with van der Waals surface area (Å²) in [5, 5.41) is 11.2. The Morgan fingerprint density at radius 1 is 1.42 bits per heavy atom. The molecule has 1 aliphatic heterocycles. The normalized spacial score (nSPS) is 16.0. The number of carbonyl (C=O) groups excluding carboxylic acids is 2. The number of amides is 1. The molecule has 26 heavy (non-hydrogen) atoms. The standard InChI is InChI=1S/C18H19ClN2O5/c1-10(2)9-20-11(3)16(18(23)26-4)14(17(20)22)8-12-7-13(21(24)25)5-6-15(12)19/h5-8,10H,9H2,1-4H3/b14-8-. The fourth-order valence-electron chi connectivity index (χ4n) is 2.72. The minimum atomic E-state index is -0.644. The van der Waals surface area contributed by atoms with Crippen LogP contribution in [0.15, 0.2) is 35.0 Å². The first kappa shape index (κ1) is 19.7. The minimum Gasteiger partial charge on any atom is -0.465 e. The monoisotopic (exact) mass is 378 g/mol. The molecule has 0 atom stereocenters. The van der Waals surface area contributed by atoms with Crippen molar-refractivity contribution in [3.63, 3.8) is 0 Å². The second-order valence-corrected chi connectivity index (χ2v) is 6.69. The molecule has 1 aromatic rings. The van der Waals surface area contributed by atoms with E-state index in [0.29, 0.717) is 12.2 Å². The van der Waals surface area contributed by atoms with Gasteiger partial charge >= 0.3 is 5.97 Å². The molecule has 0 aromatic heterocycles. The average molecular weight is 379 g/mol. The second-order valence-electron chi connectivity index (χ2n) is 6.28. The number of hydrogen-bond acceptors (Lipinski definition) is 5. The average Bonchev–Trinajstić information content (AvgIpc) is 2.80. The molecule has 1 amide bonds. The number of carbonyl (C=O) groups is 2. The molecule has 0 unspecified atom stereocenters. The highest BCUT2D eigenvalue weighted by Crippen LogP contribution is 2.34. The van der Waals surface area contributed by atoms with Crippen LogP contribution >= 0.6 is 11.6 Å². The molecule has 0 bridgehead atoms. The van der Waals surface area contributed by atoms with Gasteiger partial charge in [0.25, 0.3) is 11.6 Å². The van der Waals surface area contributed by atoms with Gasteiger partial charge in [-0.15, -0.1) is 0 Å². The molecule has 1 heterocycles. The third-order valence-corrected chi connectivity index (χ3v) is 4.28. The lowest BCUT2D eigenvalue weighted by Crippen LogP contribution is -2.28. The zero-order chi connectivity index (χ0) is 19.6. The molecule has 0 spiro atoms. The fourth-order valence-corrected chi connectivity index (χ4v) is 2.90. The highest BCUT2D eigenvalue weighted by atomic mass is 35.5. The Balaban J connectivity index is 2.61. The summed E-state index contributed by atoms with van der Waals surface area (Å²) in [4.78, 5) is 37.0. The van der Waals surface area contributed by atoms with E-state index in [1.54, 1.807) is 6.92 Å². The number of halogens is 1. The van der Waals surface area contributed by atoms with Crippen LogP contribution in [0.25, 0.3) is 6.08 Å². The van der Waals surface area contributed by atoms with Gasteiger partial charge in [-0.05, 0) is 25.0 Å². The van der Waals surface area contributed by atoms with Crippen molar-refractivity contribution in [2.75, 3.05) is 13.7 Å². The van der Waals surface area contributed by atoms with E-state index >= 15 is 0 Å². The molecule has 1 aliphatic rings. The van der Waals surface area contributed by atoms with Crippen LogP contribution in [-0.2, 0) is 14.3 Å². The summed E-state index contributed by atoms with van der Waals surface area (Å²) in [7, 11) is 1.23. The molecule has 0 fully saturated rings. The van der Waals surface area contributed by atoms with Gasteiger partial charge in [0.1, 0.15) is 0 Å². The fraction of sp³-hybridized carbons (Fsp3) is 0.333. The number of ether oxygens (including phenoxy) is 1. The van der Waals surface area contributed by atoms with E-state index in [9.17, 15) is 19.7 Å². The maximum Gasteiger partial charge on any atom is 0.340 e. The van der Waals surface area contributed by atoms with Crippen LogP contribution in [0.1, 0.15) is 26.3 Å². The molecule has 7 nitrogen and oxygen atoms in total. The van der Waals surface area contributed by atoms with Gasteiger partial charge in [0.15, 0.2) is 0 Å². The Morgan fingerprint density at radius 3 is 2.62 bits per heavy atom. The summed E-state index contributed by atoms with van der Waals surface area (Å²) < 4.78 is 4.81. The smallest absolute Gasteiger partial charge is 0.340 e. The molecule has 1 aromatic carbocycles. The van der Waals surface area contributed by atoms with E-state index in [4.69, 9.17) is 16.3 Å². The number of hydrogen-bond donors (Lipinski definition) is 0. The first-order valence-electron chi connectivity index (χ1n) is 7.94. The van der Waals surface area contributed by atoms with E-state index in [2.05, 4.69) is 0 Å². The Kier molecular flexibility index (Phi) is 5.82. The van der Waals surface area contributed by atoms with E-state index in [-0.39, 0.29) is 39.2 Å². The van der Waals surface area contributed by atoms with Gasteiger partial charge in [0.2, 0.25) is 0 Å². The van der Waals surface area contributed by atoms with Crippen molar-refractivity contribution in [2.24, 2.45) is 5.92 Å². The van der Waals surface area contributed by atoms with Gasteiger partial charge < -0.3 is 9.64 Å². The van der Waals surface area contributed by atoms with Gasteiger partial charge in [-0.1, -0.05) is 25.4 Å². The van der Waals surface area contributed by atoms with Crippen molar-refractivity contribution in [1.29, 1.82) is 0 Å². The van der Waals surface area contributed by atoms with Crippen LogP contribution in [0.2, 0.25) is 5.02 Å². The SMILES string of the molecule is COC(=O)C1=C(C)N(CC(C)C)C(=O)/C1=C\c1cc([N+](=O)[O-])ccc1Cl. The Morgan fingerprint density at radius 2 is 2.08 bits per heavy atom. The van der Waals surface area contributed by atoms with Crippen molar-refractivity contribution in [3.05, 3.63) is 55.7 Å². The Bertz CT molecular complexity index is 842. The maximum atomic E-state index is 12.8. The number of esters is 1. The summed E-state index contributed by atoms with van der Waals surface area (Å²) in [5.41, 5.74) is 0.859. The predicted octanol–water partition coefficient (Wildman–Crippen LogP) is 3.58. The zero-order valence-electron chi connectivity index (χ0n) is 14.9. The first-order chi connectivity index (χ1) is 12.2. The van der Waals surface area contributed by atoms with Crippen molar-refractivity contribution in [3.8, 4) is 0 Å². The lowest BCUT2D eigenvalue weighted by Gasteiger charge is -2.19. The molecular weight excluding hydrogens is 360 g/mol. The lowest BCUT2D eigenvalue weighted by molar-refractivity contribution is -0.384. The molecule has 0 radical (unpaired) electrons. The molecule has 0 saturated carbocycles. The minimum absolute atomic E-state index is 0.109. The second kappa shape index (κ2) is 7.70. The van der Waals surface area contributed by atoms with E-state index in [1.165, 1.54) is 36.3 Å². The summed E-state index contributed by atoms with van der Waals surface area (Å²) >= 11 is 6.12. The maximum absolute atomic E-state index is 12.8. The predicted molar refractivity (Wildman–Crippen MR) is 97.4 cm³/mol. The number of nitro groups is 1. The van der Waals surface area contributed by atoms with Crippen LogP contribution in [0.4, 0.5) is 5.69 Å². The molecule has 8 heteroatoms. The van der Waals surface area contributed by atoms with Gasteiger partial charge in [-0.2, -0.15) is 0 Å². The summed E-state index contributed by atoms with van der Waals surface area (Å²) in [6, 6.07) is 3.91. The Hall–Kier alpha value is -2.67. The number of rotatable bonds is 5. The molecule has 2 rings (SSSR count). The van der Waals surface area contributed by atoms with E-state index in [1.807, 2.05) is 13.8 Å². The highest BCUT2D eigenvalue weighted by molar-refractivity contribution is 6.32. The van der Waals surface area contributed by atoms with Gasteiger partial charge in [-0.25, -0.2) is 4.79 Å². The number of allylic oxidation sites excluding steroid dienone is 1. The van der Waals surface area contributed by atoms with Crippen molar-refractivity contribution in [2.45, 2.75) is 20.8 Å². The first-order valence-corrected chi connectivity index (χ1v) is 8.32. The van der Waals surface area contributed by atoms with Crippen LogP contribution in [0.3, 0.4) is 0 Å². The largest absolute Gasteiger partial charge is 0.465 e.